The number of amides is 2. The van der Waals surface area contributed by atoms with E-state index in [1.54, 1.807) is 16.8 Å². The molecule has 2 rings (SSSR count). The van der Waals surface area contributed by atoms with Gasteiger partial charge in [0.2, 0.25) is 11.8 Å². The van der Waals surface area contributed by atoms with Crippen molar-refractivity contribution in [3.05, 3.63) is 16.6 Å². The largest absolute Gasteiger partial charge is 0.355 e. The molecule has 0 aromatic carbocycles. The molecule has 1 aromatic heterocycles. The van der Waals surface area contributed by atoms with Crippen molar-refractivity contribution in [3.63, 3.8) is 0 Å². The highest BCUT2D eigenvalue weighted by Gasteiger charge is 2.26. The fourth-order valence-corrected chi connectivity index (χ4v) is 3.03. The minimum atomic E-state index is 0.0475. The lowest BCUT2D eigenvalue weighted by atomic mass is 9.95. The summed E-state index contributed by atoms with van der Waals surface area (Å²) >= 11 is 1.57. The van der Waals surface area contributed by atoms with Crippen LogP contribution in [0.3, 0.4) is 0 Å². The van der Waals surface area contributed by atoms with E-state index in [1.165, 1.54) is 0 Å². The van der Waals surface area contributed by atoms with Crippen molar-refractivity contribution in [1.29, 1.82) is 0 Å². The van der Waals surface area contributed by atoms with Gasteiger partial charge in [0.15, 0.2) is 0 Å². The maximum atomic E-state index is 12.0. The van der Waals surface area contributed by atoms with Crippen LogP contribution in [0.1, 0.15) is 31.9 Å². The lowest BCUT2D eigenvalue weighted by Crippen LogP contribution is -2.43. The van der Waals surface area contributed by atoms with E-state index in [0.29, 0.717) is 26.1 Å². The molecule has 0 aliphatic carbocycles. The van der Waals surface area contributed by atoms with Gasteiger partial charge in [-0.2, -0.15) is 0 Å². The molecule has 1 fully saturated rings. The van der Waals surface area contributed by atoms with Crippen LogP contribution < -0.4 is 5.32 Å². The van der Waals surface area contributed by atoms with Gasteiger partial charge in [-0.25, -0.2) is 4.98 Å². The van der Waals surface area contributed by atoms with Crippen molar-refractivity contribution in [3.8, 4) is 0 Å². The molecule has 0 radical (unpaired) electrons. The first-order chi connectivity index (χ1) is 9.70. The number of thiazole rings is 1. The number of likely N-dealkylation sites (tertiary alicyclic amines) is 1. The van der Waals surface area contributed by atoms with Crippen molar-refractivity contribution >= 4 is 23.2 Å². The van der Waals surface area contributed by atoms with Crippen LogP contribution in [0.5, 0.6) is 0 Å². The average Bonchev–Trinajstić information content (AvgIpc) is 2.99. The van der Waals surface area contributed by atoms with Crippen LogP contribution in [0.2, 0.25) is 0 Å². The number of aromatic nitrogens is 1. The lowest BCUT2D eigenvalue weighted by molar-refractivity contribution is -0.135. The molecule has 5 nitrogen and oxygen atoms in total. The van der Waals surface area contributed by atoms with Crippen LogP contribution in [0, 0.1) is 5.92 Å². The first-order valence-electron chi connectivity index (χ1n) is 7.13. The molecule has 1 aromatic rings. The van der Waals surface area contributed by atoms with Crippen molar-refractivity contribution in [2.75, 3.05) is 19.6 Å². The molecule has 0 atom stereocenters. The van der Waals surface area contributed by atoms with Crippen molar-refractivity contribution in [1.82, 2.24) is 15.2 Å². The highest BCUT2D eigenvalue weighted by Crippen LogP contribution is 2.17. The van der Waals surface area contributed by atoms with Gasteiger partial charge in [-0.3, -0.25) is 9.59 Å². The van der Waals surface area contributed by atoms with E-state index in [9.17, 15) is 9.59 Å². The van der Waals surface area contributed by atoms with Crippen molar-refractivity contribution in [2.45, 2.75) is 32.6 Å². The Labute approximate surface area is 123 Å². The van der Waals surface area contributed by atoms with Crippen LogP contribution in [0.15, 0.2) is 10.9 Å². The van der Waals surface area contributed by atoms with E-state index in [0.717, 1.165) is 25.0 Å². The predicted molar refractivity (Wildman–Crippen MR) is 78.4 cm³/mol. The molecule has 1 aliphatic heterocycles. The first kappa shape index (κ1) is 15.0. The fourth-order valence-electron chi connectivity index (χ4n) is 2.43. The molecule has 20 heavy (non-hydrogen) atoms. The zero-order valence-electron chi connectivity index (χ0n) is 11.8. The monoisotopic (exact) mass is 295 g/mol. The molecule has 1 N–H and O–H groups in total. The van der Waals surface area contributed by atoms with Gasteiger partial charge >= 0.3 is 0 Å². The molecule has 1 aliphatic rings. The van der Waals surface area contributed by atoms with Gasteiger partial charge in [0.05, 0.1) is 11.2 Å². The Kier molecular flexibility index (Phi) is 5.52. The molecule has 2 amide bonds. The highest BCUT2D eigenvalue weighted by atomic mass is 32.1. The second-order valence-electron chi connectivity index (χ2n) is 5.03. The molecule has 0 spiro atoms. The summed E-state index contributed by atoms with van der Waals surface area (Å²) in [4.78, 5) is 29.7. The maximum Gasteiger partial charge on any atom is 0.223 e. The summed E-state index contributed by atoms with van der Waals surface area (Å²) in [6.45, 7) is 3.92. The van der Waals surface area contributed by atoms with E-state index in [4.69, 9.17) is 0 Å². The van der Waals surface area contributed by atoms with Crippen molar-refractivity contribution in [2.24, 2.45) is 5.92 Å². The number of hydrogen-bond donors (Lipinski definition) is 1. The fraction of sp³-hybridized carbons (Fsp3) is 0.643. The van der Waals surface area contributed by atoms with Gasteiger partial charge < -0.3 is 10.2 Å². The SMILES string of the molecule is CCC(=O)N1CCC(C(=O)NCCc2cscn2)CC1. The molecule has 110 valence electrons. The van der Waals surface area contributed by atoms with Crippen LogP contribution in [-0.2, 0) is 16.0 Å². The summed E-state index contributed by atoms with van der Waals surface area (Å²) < 4.78 is 0. The number of hydrogen-bond acceptors (Lipinski definition) is 4. The molecule has 6 heteroatoms. The van der Waals surface area contributed by atoms with Crippen LogP contribution >= 0.6 is 11.3 Å². The Morgan fingerprint density at radius 3 is 2.80 bits per heavy atom. The maximum absolute atomic E-state index is 12.0. The molecular formula is C14H21N3O2S. The summed E-state index contributed by atoms with van der Waals surface area (Å²) in [7, 11) is 0. The van der Waals surface area contributed by atoms with E-state index in [1.807, 2.05) is 17.2 Å². The van der Waals surface area contributed by atoms with Gasteiger partial charge in [0.1, 0.15) is 0 Å². The molecule has 0 unspecified atom stereocenters. The van der Waals surface area contributed by atoms with Crippen LogP contribution in [-0.4, -0.2) is 41.3 Å². The number of piperidine rings is 1. The second kappa shape index (κ2) is 7.38. The van der Waals surface area contributed by atoms with Crippen LogP contribution in [0.4, 0.5) is 0 Å². The van der Waals surface area contributed by atoms with E-state index >= 15 is 0 Å². The van der Waals surface area contributed by atoms with E-state index < -0.39 is 0 Å². The third-order valence-corrected chi connectivity index (χ3v) is 4.32. The molecule has 0 saturated carbocycles. The zero-order valence-corrected chi connectivity index (χ0v) is 12.6. The summed E-state index contributed by atoms with van der Waals surface area (Å²) in [5.41, 5.74) is 2.83. The number of nitrogens with one attached hydrogen (secondary N) is 1. The van der Waals surface area contributed by atoms with Crippen LogP contribution in [0.25, 0.3) is 0 Å². The van der Waals surface area contributed by atoms with Gasteiger partial charge in [-0.1, -0.05) is 6.92 Å². The first-order valence-corrected chi connectivity index (χ1v) is 8.07. The topological polar surface area (TPSA) is 62.3 Å². The Morgan fingerprint density at radius 2 is 2.20 bits per heavy atom. The zero-order chi connectivity index (χ0) is 14.4. The highest BCUT2D eigenvalue weighted by molar-refractivity contribution is 7.07. The standard InChI is InChI=1S/C14H21N3O2S/c1-2-13(18)17-7-4-11(5-8-17)14(19)15-6-3-12-9-20-10-16-12/h9-11H,2-8H2,1H3,(H,15,19). The summed E-state index contributed by atoms with van der Waals surface area (Å²) in [5.74, 6) is 0.350. The number of rotatable bonds is 5. The second-order valence-corrected chi connectivity index (χ2v) is 5.75. The summed E-state index contributed by atoms with van der Waals surface area (Å²) in [6, 6.07) is 0. The summed E-state index contributed by atoms with van der Waals surface area (Å²) in [5, 5.41) is 4.97. The molecule has 2 heterocycles. The Balaban J connectivity index is 1.68. The normalized spacial score (nSPS) is 16.1. The quantitative estimate of drug-likeness (QED) is 0.894. The number of nitrogens with zero attached hydrogens (tertiary/aromatic N) is 2. The molecule has 1 saturated heterocycles. The van der Waals surface area contributed by atoms with Gasteiger partial charge in [-0.05, 0) is 12.8 Å². The van der Waals surface area contributed by atoms with Gasteiger partial charge in [0, 0.05) is 43.8 Å². The Morgan fingerprint density at radius 1 is 1.45 bits per heavy atom. The van der Waals surface area contributed by atoms with Gasteiger partial charge in [0.25, 0.3) is 0 Å². The lowest BCUT2D eigenvalue weighted by Gasteiger charge is -2.31. The Hall–Kier alpha value is -1.43. The van der Waals surface area contributed by atoms with Crippen molar-refractivity contribution < 1.29 is 9.59 Å². The van der Waals surface area contributed by atoms with E-state index in [-0.39, 0.29) is 17.7 Å². The predicted octanol–water partition coefficient (Wildman–Crippen LogP) is 1.45. The third-order valence-electron chi connectivity index (χ3n) is 3.68. The average molecular weight is 295 g/mol. The van der Waals surface area contributed by atoms with Gasteiger partial charge in [-0.15, -0.1) is 11.3 Å². The molecular weight excluding hydrogens is 274 g/mol. The van der Waals surface area contributed by atoms with E-state index in [2.05, 4.69) is 10.3 Å². The number of carbonyl (C=O) groups is 2. The smallest absolute Gasteiger partial charge is 0.223 e. The molecule has 0 bridgehead atoms. The Bertz CT molecular complexity index is 439. The summed E-state index contributed by atoms with van der Waals surface area (Å²) in [6.07, 6.45) is 2.87. The minimum absolute atomic E-state index is 0.0475. The minimum Gasteiger partial charge on any atom is -0.355 e. The number of carbonyl (C=O) groups excluding carboxylic acids is 2. The third kappa shape index (κ3) is 4.03.